The van der Waals surface area contributed by atoms with Crippen LogP contribution in [-0.4, -0.2) is 41.6 Å². The first-order valence-electron chi connectivity index (χ1n) is 8.60. The molecule has 2 aromatic rings. The van der Waals surface area contributed by atoms with Crippen LogP contribution in [-0.2, 0) is 14.8 Å². The predicted octanol–water partition coefficient (Wildman–Crippen LogP) is 2.56. The van der Waals surface area contributed by atoms with E-state index in [-0.39, 0.29) is 16.3 Å². The van der Waals surface area contributed by atoms with Crippen LogP contribution in [0.5, 0.6) is 11.5 Å². The molecule has 1 amide bonds. The Kier molecular flexibility index (Phi) is 7.22. The molecule has 0 radical (unpaired) electrons. The fourth-order valence-corrected chi connectivity index (χ4v) is 3.91. The van der Waals surface area contributed by atoms with Crippen LogP contribution < -0.4 is 19.1 Å². The number of amides is 1. The molecular weight excluding hydrogens is 387 g/mol. The lowest BCUT2D eigenvalue weighted by Gasteiger charge is -2.24. The minimum atomic E-state index is -4.13. The van der Waals surface area contributed by atoms with Gasteiger partial charge < -0.3 is 14.8 Å². The van der Waals surface area contributed by atoms with Gasteiger partial charge in [-0.25, -0.2) is 12.8 Å². The number of halogens is 1. The Morgan fingerprint density at radius 2 is 1.71 bits per heavy atom. The Bertz CT molecular complexity index is 916. The molecule has 2 rings (SSSR count). The third kappa shape index (κ3) is 4.92. The Balaban J connectivity index is 2.48. The van der Waals surface area contributed by atoms with Gasteiger partial charge in [0.15, 0.2) is 11.5 Å². The maximum Gasteiger partial charge on any atom is 0.264 e. The SMILES string of the molecule is CCCNC(=O)CN(c1ccc(F)cc1)S(=O)(=O)c1ccc(OC)c(OC)c1. The molecule has 0 aliphatic rings. The summed E-state index contributed by atoms with van der Waals surface area (Å²) in [5.41, 5.74) is 0.169. The standard InChI is InChI=1S/C19H23FN2O5S/c1-4-11-21-19(23)13-22(15-7-5-14(20)6-8-15)28(24,25)16-9-10-17(26-2)18(12-16)27-3/h5-10,12H,4,11,13H2,1-3H3,(H,21,23). The quantitative estimate of drug-likeness (QED) is 0.687. The number of nitrogens with zero attached hydrogens (tertiary/aromatic N) is 1. The lowest BCUT2D eigenvalue weighted by atomic mass is 10.3. The van der Waals surface area contributed by atoms with Crippen molar-refractivity contribution in [3.63, 3.8) is 0 Å². The fraction of sp³-hybridized carbons (Fsp3) is 0.316. The van der Waals surface area contributed by atoms with Crippen LogP contribution in [0.2, 0.25) is 0 Å². The molecule has 0 bridgehead atoms. The Morgan fingerprint density at radius 3 is 2.29 bits per heavy atom. The van der Waals surface area contributed by atoms with Gasteiger partial charge in [-0.15, -0.1) is 0 Å². The van der Waals surface area contributed by atoms with Crippen molar-refractivity contribution in [1.29, 1.82) is 0 Å². The summed E-state index contributed by atoms with van der Waals surface area (Å²) < 4.78 is 51.0. The van der Waals surface area contributed by atoms with Crippen molar-refractivity contribution in [2.45, 2.75) is 18.2 Å². The number of nitrogens with one attached hydrogen (secondary N) is 1. The van der Waals surface area contributed by atoms with E-state index in [1.807, 2.05) is 6.92 Å². The minimum Gasteiger partial charge on any atom is -0.493 e. The second kappa shape index (κ2) is 9.41. The maximum absolute atomic E-state index is 13.3. The average molecular weight is 410 g/mol. The summed E-state index contributed by atoms with van der Waals surface area (Å²) in [4.78, 5) is 12.1. The highest BCUT2D eigenvalue weighted by Gasteiger charge is 2.28. The monoisotopic (exact) mass is 410 g/mol. The van der Waals surface area contributed by atoms with Crippen LogP contribution in [0.1, 0.15) is 13.3 Å². The smallest absolute Gasteiger partial charge is 0.264 e. The molecule has 9 heteroatoms. The van der Waals surface area contributed by atoms with Crippen molar-refractivity contribution in [1.82, 2.24) is 5.32 Å². The van der Waals surface area contributed by atoms with Gasteiger partial charge in [-0.1, -0.05) is 6.92 Å². The van der Waals surface area contributed by atoms with E-state index in [0.717, 1.165) is 16.4 Å². The molecule has 7 nitrogen and oxygen atoms in total. The van der Waals surface area contributed by atoms with Gasteiger partial charge in [-0.05, 0) is 42.8 Å². The third-order valence-corrected chi connectivity index (χ3v) is 5.69. The summed E-state index contributed by atoms with van der Waals surface area (Å²) in [6, 6.07) is 9.02. The third-order valence-electron chi connectivity index (χ3n) is 3.92. The molecule has 1 N–H and O–H groups in total. The van der Waals surface area contributed by atoms with E-state index < -0.39 is 28.3 Å². The zero-order chi connectivity index (χ0) is 20.7. The lowest BCUT2D eigenvalue weighted by Crippen LogP contribution is -2.41. The van der Waals surface area contributed by atoms with E-state index in [4.69, 9.17) is 9.47 Å². The van der Waals surface area contributed by atoms with E-state index in [2.05, 4.69) is 5.32 Å². The number of carbonyl (C=O) groups is 1. The molecule has 0 spiro atoms. The molecule has 0 unspecified atom stereocenters. The predicted molar refractivity (Wildman–Crippen MR) is 104 cm³/mol. The number of hydrogen-bond donors (Lipinski definition) is 1. The highest BCUT2D eigenvalue weighted by atomic mass is 32.2. The zero-order valence-electron chi connectivity index (χ0n) is 15.9. The second-order valence-corrected chi connectivity index (χ2v) is 7.72. The van der Waals surface area contributed by atoms with Gasteiger partial charge in [-0.3, -0.25) is 9.10 Å². The summed E-state index contributed by atoms with van der Waals surface area (Å²) in [6.45, 7) is 1.87. The molecule has 152 valence electrons. The van der Waals surface area contributed by atoms with Gasteiger partial charge in [0.05, 0.1) is 24.8 Å². The Hall–Kier alpha value is -2.81. The van der Waals surface area contributed by atoms with Gasteiger partial charge in [0.25, 0.3) is 10.0 Å². The van der Waals surface area contributed by atoms with Crippen molar-refractivity contribution in [2.24, 2.45) is 0 Å². The fourth-order valence-electron chi connectivity index (χ4n) is 2.48. The number of carbonyl (C=O) groups excluding carboxylic acids is 1. The van der Waals surface area contributed by atoms with Crippen molar-refractivity contribution in [2.75, 3.05) is 31.6 Å². The highest BCUT2D eigenvalue weighted by Crippen LogP contribution is 2.32. The van der Waals surface area contributed by atoms with E-state index in [1.165, 1.54) is 44.6 Å². The van der Waals surface area contributed by atoms with Crippen LogP contribution in [0.4, 0.5) is 10.1 Å². The number of benzene rings is 2. The van der Waals surface area contributed by atoms with Gasteiger partial charge in [0.2, 0.25) is 5.91 Å². The average Bonchev–Trinajstić information content (AvgIpc) is 2.70. The molecular formula is C19H23FN2O5S. The molecule has 0 saturated carbocycles. The van der Waals surface area contributed by atoms with Crippen molar-refractivity contribution >= 4 is 21.6 Å². The highest BCUT2D eigenvalue weighted by molar-refractivity contribution is 7.92. The summed E-state index contributed by atoms with van der Waals surface area (Å²) in [5.74, 6) is -0.369. The largest absolute Gasteiger partial charge is 0.493 e. The van der Waals surface area contributed by atoms with E-state index in [0.29, 0.717) is 18.7 Å². The van der Waals surface area contributed by atoms with E-state index in [1.54, 1.807) is 0 Å². The normalized spacial score (nSPS) is 11.0. The molecule has 0 aliphatic carbocycles. The zero-order valence-corrected chi connectivity index (χ0v) is 16.8. The second-order valence-electron chi connectivity index (χ2n) is 5.85. The van der Waals surface area contributed by atoms with Crippen molar-refractivity contribution in [3.8, 4) is 11.5 Å². The van der Waals surface area contributed by atoms with E-state index in [9.17, 15) is 17.6 Å². The molecule has 0 saturated heterocycles. The van der Waals surface area contributed by atoms with Gasteiger partial charge in [0.1, 0.15) is 12.4 Å². The number of anilines is 1. The minimum absolute atomic E-state index is 0.0854. The molecule has 0 fully saturated rings. The molecule has 0 heterocycles. The number of hydrogen-bond acceptors (Lipinski definition) is 5. The molecule has 0 aliphatic heterocycles. The first kappa shape index (κ1) is 21.5. The first-order chi connectivity index (χ1) is 13.3. The van der Waals surface area contributed by atoms with Crippen LogP contribution in [0, 0.1) is 5.82 Å². The summed E-state index contributed by atoms with van der Waals surface area (Å²) in [6.07, 6.45) is 0.713. The molecule has 2 aromatic carbocycles. The van der Waals surface area contributed by atoms with Gasteiger partial charge in [-0.2, -0.15) is 0 Å². The molecule has 0 atom stereocenters. The Labute approximate surface area is 164 Å². The number of methoxy groups -OCH3 is 2. The first-order valence-corrected chi connectivity index (χ1v) is 10.0. The topological polar surface area (TPSA) is 84.9 Å². The number of ether oxygens (including phenoxy) is 2. The molecule has 28 heavy (non-hydrogen) atoms. The summed E-state index contributed by atoms with van der Waals surface area (Å²) in [5, 5.41) is 2.64. The lowest BCUT2D eigenvalue weighted by molar-refractivity contribution is -0.119. The van der Waals surface area contributed by atoms with Crippen LogP contribution >= 0.6 is 0 Å². The molecule has 0 aromatic heterocycles. The number of rotatable bonds is 9. The van der Waals surface area contributed by atoms with Gasteiger partial charge in [0, 0.05) is 12.6 Å². The van der Waals surface area contributed by atoms with Crippen molar-refractivity contribution in [3.05, 3.63) is 48.3 Å². The van der Waals surface area contributed by atoms with Crippen LogP contribution in [0.15, 0.2) is 47.4 Å². The maximum atomic E-state index is 13.3. The van der Waals surface area contributed by atoms with Crippen LogP contribution in [0.3, 0.4) is 0 Å². The van der Waals surface area contributed by atoms with Gasteiger partial charge >= 0.3 is 0 Å². The summed E-state index contributed by atoms with van der Waals surface area (Å²) in [7, 11) is -1.30. The Morgan fingerprint density at radius 1 is 1.07 bits per heavy atom. The van der Waals surface area contributed by atoms with Crippen LogP contribution in [0.25, 0.3) is 0 Å². The van der Waals surface area contributed by atoms with Crippen molar-refractivity contribution < 1.29 is 27.1 Å². The number of sulfonamides is 1. The summed E-state index contributed by atoms with van der Waals surface area (Å²) >= 11 is 0. The van der Waals surface area contributed by atoms with E-state index >= 15 is 0 Å².